The summed E-state index contributed by atoms with van der Waals surface area (Å²) in [4.78, 5) is 10.0. The minimum Gasteiger partial charge on any atom is -0.484 e. The van der Waals surface area contributed by atoms with E-state index in [0.717, 1.165) is 44.8 Å². The monoisotopic (exact) mass is 655 g/mol. The number of aromatic nitrogens is 3. The minimum absolute atomic E-state index is 0.345. The van der Waals surface area contributed by atoms with Crippen molar-refractivity contribution in [3.63, 3.8) is 0 Å². The van der Waals surface area contributed by atoms with E-state index >= 15 is 0 Å². The van der Waals surface area contributed by atoms with Gasteiger partial charge in [0.25, 0.3) is 0 Å². The minimum atomic E-state index is 0.345. The van der Waals surface area contributed by atoms with Crippen molar-refractivity contribution >= 4 is 33.0 Å². The number of hydrogen-bond donors (Lipinski definition) is 0. The van der Waals surface area contributed by atoms with E-state index in [1.165, 1.54) is 27.4 Å². The summed E-state index contributed by atoms with van der Waals surface area (Å²) in [5.74, 6) is 1.26. The Morgan fingerprint density at radius 3 is 1.94 bits per heavy atom. The van der Waals surface area contributed by atoms with Gasteiger partial charge in [0.05, 0.1) is 11.0 Å². The van der Waals surface area contributed by atoms with E-state index in [4.69, 9.17) is 14.7 Å². The molecule has 6 aromatic carbocycles. The molecular formula is C47H33N3O. The van der Waals surface area contributed by atoms with Crippen molar-refractivity contribution in [1.82, 2.24) is 14.5 Å². The summed E-state index contributed by atoms with van der Waals surface area (Å²) in [7, 11) is 0. The van der Waals surface area contributed by atoms with E-state index in [0.29, 0.717) is 23.9 Å². The van der Waals surface area contributed by atoms with Crippen LogP contribution in [-0.2, 0) is 0 Å². The average molecular weight is 656 g/mol. The third-order valence-electron chi connectivity index (χ3n) is 9.49. The Kier molecular flexibility index (Phi) is 7.67. The van der Waals surface area contributed by atoms with Crippen LogP contribution in [-0.4, -0.2) is 21.1 Å². The Morgan fingerprint density at radius 1 is 0.549 bits per heavy atom. The second-order valence-electron chi connectivity index (χ2n) is 12.6. The van der Waals surface area contributed by atoms with Gasteiger partial charge in [-0.15, -0.1) is 0 Å². The van der Waals surface area contributed by atoms with Gasteiger partial charge in [-0.3, -0.25) is 0 Å². The van der Waals surface area contributed by atoms with Crippen LogP contribution in [0.25, 0.3) is 72.4 Å². The van der Waals surface area contributed by atoms with E-state index in [1.54, 1.807) is 0 Å². The van der Waals surface area contributed by atoms with Gasteiger partial charge in [0.1, 0.15) is 18.0 Å². The molecule has 0 atom stereocenters. The van der Waals surface area contributed by atoms with Gasteiger partial charge in [0, 0.05) is 27.6 Å². The number of nitrogens with zero attached hydrogens (tertiary/aromatic N) is 3. The third-order valence-corrected chi connectivity index (χ3v) is 9.49. The predicted molar refractivity (Wildman–Crippen MR) is 211 cm³/mol. The number of benzene rings is 6. The molecule has 51 heavy (non-hydrogen) atoms. The summed E-state index contributed by atoms with van der Waals surface area (Å²) in [5, 5.41) is 2.48. The highest BCUT2D eigenvalue weighted by Crippen LogP contribution is 2.40. The SMILES string of the molecule is C=C1/C=C\C=C(\c2ccc(-c3cccc4c3c3ccccc3n4-c3ccccc3)cc2)COc2c1nc(-c1ccccc1)nc2-c1ccccc1. The van der Waals surface area contributed by atoms with Gasteiger partial charge >= 0.3 is 0 Å². The molecule has 0 saturated carbocycles. The van der Waals surface area contributed by atoms with E-state index in [-0.39, 0.29) is 0 Å². The molecule has 4 nitrogen and oxygen atoms in total. The topological polar surface area (TPSA) is 39.9 Å². The quantitative estimate of drug-likeness (QED) is 0.185. The molecule has 0 N–H and O–H groups in total. The van der Waals surface area contributed by atoms with Crippen molar-refractivity contribution in [2.75, 3.05) is 6.61 Å². The third kappa shape index (κ3) is 5.53. The zero-order valence-electron chi connectivity index (χ0n) is 27.9. The van der Waals surface area contributed by atoms with Crippen molar-refractivity contribution in [3.8, 4) is 45.2 Å². The van der Waals surface area contributed by atoms with Crippen molar-refractivity contribution in [2.45, 2.75) is 0 Å². The van der Waals surface area contributed by atoms with Crippen LogP contribution >= 0.6 is 0 Å². The maximum atomic E-state index is 6.69. The first kappa shape index (κ1) is 30.3. The Balaban J connectivity index is 1.09. The van der Waals surface area contributed by atoms with Gasteiger partial charge in [-0.1, -0.05) is 158 Å². The fourth-order valence-corrected chi connectivity index (χ4v) is 7.03. The van der Waals surface area contributed by atoms with E-state index in [9.17, 15) is 0 Å². The second kappa shape index (κ2) is 12.9. The van der Waals surface area contributed by atoms with Crippen molar-refractivity contribution in [2.24, 2.45) is 0 Å². The summed E-state index contributed by atoms with van der Waals surface area (Å²) in [6.07, 6.45) is 6.14. The van der Waals surface area contributed by atoms with Gasteiger partial charge in [-0.05, 0) is 52.1 Å². The molecule has 1 aliphatic heterocycles. The molecule has 0 saturated heterocycles. The van der Waals surface area contributed by atoms with E-state index in [1.807, 2.05) is 60.7 Å². The molecule has 1 aliphatic rings. The lowest BCUT2D eigenvalue weighted by Gasteiger charge is -2.17. The molecule has 8 aromatic rings. The number of allylic oxidation sites excluding steroid dienone is 4. The van der Waals surface area contributed by atoms with Crippen LogP contribution in [0.3, 0.4) is 0 Å². The maximum absolute atomic E-state index is 6.69. The average Bonchev–Trinajstić information content (AvgIpc) is 3.57. The normalized spacial score (nSPS) is 14.5. The smallest absolute Gasteiger partial charge is 0.172 e. The highest BCUT2D eigenvalue weighted by Gasteiger charge is 2.21. The van der Waals surface area contributed by atoms with Crippen LogP contribution in [0.15, 0.2) is 183 Å². The first-order valence-corrected chi connectivity index (χ1v) is 17.1. The molecule has 0 radical (unpaired) electrons. The lowest BCUT2D eigenvalue weighted by Crippen LogP contribution is -2.07. The molecular weight excluding hydrogens is 623 g/mol. The Labute approximate surface area is 297 Å². The zero-order valence-corrected chi connectivity index (χ0v) is 27.9. The molecule has 9 rings (SSSR count). The Bertz CT molecular complexity index is 2620. The largest absolute Gasteiger partial charge is 0.484 e. The van der Waals surface area contributed by atoms with Gasteiger partial charge in [-0.25, -0.2) is 9.97 Å². The van der Waals surface area contributed by atoms with Crippen LogP contribution in [0, 0.1) is 0 Å². The predicted octanol–water partition coefficient (Wildman–Crippen LogP) is 11.6. The van der Waals surface area contributed by atoms with Crippen LogP contribution in [0.5, 0.6) is 5.75 Å². The second-order valence-corrected chi connectivity index (χ2v) is 12.6. The van der Waals surface area contributed by atoms with Crippen LogP contribution < -0.4 is 4.74 Å². The first-order valence-electron chi connectivity index (χ1n) is 17.1. The molecule has 0 bridgehead atoms. The molecule has 242 valence electrons. The summed E-state index contributed by atoms with van der Waals surface area (Å²) < 4.78 is 9.05. The summed E-state index contributed by atoms with van der Waals surface area (Å²) in [5.41, 5.74) is 12.1. The summed E-state index contributed by atoms with van der Waals surface area (Å²) in [6.45, 7) is 4.74. The van der Waals surface area contributed by atoms with Gasteiger partial charge < -0.3 is 9.30 Å². The molecule has 0 unspecified atom stereocenters. The fourth-order valence-electron chi connectivity index (χ4n) is 7.03. The zero-order chi connectivity index (χ0) is 34.1. The van der Waals surface area contributed by atoms with Crippen LogP contribution in [0.2, 0.25) is 0 Å². The molecule has 0 aliphatic carbocycles. The fraction of sp³-hybridized carbons (Fsp3) is 0.0213. The summed E-state index contributed by atoms with van der Waals surface area (Å²) >= 11 is 0. The number of para-hydroxylation sites is 2. The lowest BCUT2D eigenvalue weighted by molar-refractivity contribution is 0.367. The first-order chi connectivity index (χ1) is 25.2. The standard InChI is InChI=1S/C47H33N3O/c1-32-15-13-20-37(31-51-46-44(32)48-47(36-18-7-3-8-19-36)49-45(46)35-16-5-2-6-17-35)33-27-29-34(30-28-33)39-24-14-26-42-43(39)40-23-11-12-25-41(40)50(42)38-21-9-4-10-22-38/h2-30H,1,31H2/b15-13-,37-20+. The Morgan fingerprint density at radius 2 is 1.18 bits per heavy atom. The highest BCUT2D eigenvalue weighted by atomic mass is 16.5. The summed E-state index contributed by atoms with van der Waals surface area (Å²) in [6, 6.07) is 54.8. The molecule has 4 heteroatoms. The van der Waals surface area contributed by atoms with E-state index < -0.39 is 0 Å². The van der Waals surface area contributed by atoms with Crippen LogP contribution in [0.1, 0.15) is 11.3 Å². The van der Waals surface area contributed by atoms with Gasteiger partial charge in [0.15, 0.2) is 11.6 Å². The number of fused-ring (bicyclic) bond motifs is 4. The highest BCUT2D eigenvalue weighted by molar-refractivity contribution is 6.15. The molecule has 0 amide bonds. The van der Waals surface area contributed by atoms with Crippen molar-refractivity contribution < 1.29 is 4.74 Å². The lowest BCUT2D eigenvalue weighted by atomic mass is 9.97. The van der Waals surface area contributed by atoms with Gasteiger partial charge in [-0.2, -0.15) is 0 Å². The van der Waals surface area contributed by atoms with Crippen molar-refractivity contribution in [1.29, 1.82) is 0 Å². The molecule has 2 aromatic heterocycles. The number of hydrogen-bond acceptors (Lipinski definition) is 3. The van der Waals surface area contributed by atoms with Crippen molar-refractivity contribution in [3.05, 3.63) is 194 Å². The van der Waals surface area contributed by atoms with Gasteiger partial charge in [0.2, 0.25) is 0 Å². The number of rotatable bonds is 5. The molecule has 3 heterocycles. The maximum Gasteiger partial charge on any atom is 0.172 e. The number of ether oxygens (including phenoxy) is 1. The molecule has 0 spiro atoms. The van der Waals surface area contributed by atoms with Crippen LogP contribution in [0.4, 0.5) is 0 Å². The Hall–Kier alpha value is -6.78. The van der Waals surface area contributed by atoms with E-state index in [2.05, 4.69) is 126 Å². The molecule has 0 fully saturated rings.